The molecule has 0 spiro atoms. The standard InChI is InChI=1S/C14H17Cl2FN4O/c15-10-1-2-11(17)13(16)9(10)6-21-4-3-20-14(19)12(21)5-8(18)7-22/h1-2,5,20,22H,3-4,6-7,18-19H2/b8-5-. The molecular weight excluding hydrogens is 330 g/mol. The Bertz CT molecular complexity index is 634. The summed E-state index contributed by atoms with van der Waals surface area (Å²) in [7, 11) is 0. The minimum absolute atomic E-state index is 0.0111. The Labute approximate surface area is 138 Å². The number of nitrogens with two attached hydrogens (primary N) is 2. The second-order valence-electron chi connectivity index (χ2n) is 4.85. The number of hydrogen-bond donors (Lipinski definition) is 4. The molecule has 0 saturated carbocycles. The number of aliphatic hydroxyl groups is 1. The highest BCUT2D eigenvalue weighted by Gasteiger charge is 2.20. The van der Waals surface area contributed by atoms with Gasteiger partial charge in [-0.05, 0) is 18.2 Å². The maximum absolute atomic E-state index is 13.6. The topological polar surface area (TPSA) is 87.5 Å². The molecule has 6 N–H and O–H groups in total. The Morgan fingerprint density at radius 1 is 1.45 bits per heavy atom. The predicted octanol–water partition coefficient (Wildman–Crippen LogP) is 1.50. The summed E-state index contributed by atoms with van der Waals surface area (Å²) in [4.78, 5) is 1.88. The normalized spacial score (nSPS) is 16.0. The van der Waals surface area contributed by atoms with Crippen molar-refractivity contribution in [3.8, 4) is 0 Å². The predicted molar refractivity (Wildman–Crippen MR) is 85.4 cm³/mol. The number of halogens is 3. The van der Waals surface area contributed by atoms with Crippen LogP contribution >= 0.6 is 23.2 Å². The van der Waals surface area contributed by atoms with Crippen molar-refractivity contribution in [3.05, 3.63) is 56.8 Å². The van der Waals surface area contributed by atoms with E-state index in [0.717, 1.165) is 0 Å². The molecule has 0 radical (unpaired) electrons. The molecule has 0 aliphatic carbocycles. The average Bonchev–Trinajstić information content (AvgIpc) is 2.50. The van der Waals surface area contributed by atoms with E-state index < -0.39 is 5.82 Å². The van der Waals surface area contributed by atoms with Crippen molar-refractivity contribution >= 4 is 23.2 Å². The van der Waals surface area contributed by atoms with Crippen molar-refractivity contribution in [2.45, 2.75) is 6.54 Å². The molecule has 1 aliphatic rings. The monoisotopic (exact) mass is 346 g/mol. The smallest absolute Gasteiger partial charge is 0.142 e. The first kappa shape index (κ1) is 16.7. The van der Waals surface area contributed by atoms with E-state index in [1.807, 2.05) is 4.90 Å². The van der Waals surface area contributed by atoms with Gasteiger partial charge in [-0.1, -0.05) is 23.2 Å². The van der Waals surface area contributed by atoms with Crippen LogP contribution in [0.5, 0.6) is 0 Å². The Balaban J connectivity index is 2.36. The Kier molecular flexibility index (Phi) is 5.39. The lowest BCUT2D eigenvalue weighted by Crippen LogP contribution is -2.41. The molecule has 8 heteroatoms. The molecule has 0 unspecified atom stereocenters. The lowest BCUT2D eigenvalue weighted by atomic mass is 10.1. The zero-order valence-corrected chi connectivity index (χ0v) is 13.3. The van der Waals surface area contributed by atoms with Gasteiger partial charge in [-0.25, -0.2) is 4.39 Å². The van der Waals surface area contributed by atoms with Crippen LogP contribution in [0.1, 0.15) is 5.56 Å². The van der Waals surface area contributed by atoms with Crippen LogP contribution in [-0.2, 0) is 6.54 Å². The van der Waals surface area contributed by atoms with Crippen molar-refractivity contribution in [1.82, 2.24) is 10.2 Å². The van der Waals surface area contributed by atoms with Crippen molar-refractivity contribution < 1.29 is 9.50 Å². The number of benzene rings is 1. The van der Waals surface area contributed by atoms with Crippen molar-refractivity contribution in [3.63, 3.8) is 0 Å². The molecule has 0 bridgehead atoms. The van der Waals surface area contributed by atoms with E-state index in [1.165, 1.54) is 12.1 Å². The number of rotatable bonds is 4. The van der Waals surface area contributed by atoms with Crippen molar-refractivity contribution in [2.24, 2.45) is 11.5 Å². The van der Waals surface area contributed by atoms with Gasteiger partial charge < -0.3 is 26.8 Å². The van der Waals surface area contributed by atoms with Crippen LogP contribution in [0.3, 0.4) is 0 Å². The number of nitrogens with one attached hydrogen (secondary N) is 1. The van der Waals surface area contributed by atoms with E-state index in [4.69, 9.17) is 39.8 Å². The Morgan fingerprint density at radius 2 is 2.18 bits per heavy atom. The van der Waals surface area contributed by atoms with Crippen LogP contribution in [0.2, 0.25) is 10.0 Å². The van der Waals surface area contributed by atoms with Crippen molar-refractivity contribution in [2.75, 3.05) is 19.7 Å². The summed E-state index contributed by atoms with van der Waals surface area (Å²) in [5.74, 6) is -0.105. The fourth-order valence-electron chi connectivity index (χ4n) is 2.17. The molecule has 1 aliphatic heterocycles. The summed E-state index contributed by atoms with van der Waals surface area (Å²) < 4.78 is 13.6. The number of aliphatic hydroxyl groups excluding tert-OH is 1. The third kappa shape index (κ3) is 3.58. The van der Waals surface area contributed by atoms with Gasteiger partial charge in [-0.2, -0.15) is 0 Å². The first-order valence-corrected chi connectivity index (χ1v) is 7.37. The minimum Gasteiger partial charge on any atom is -0.400 e. The third-order valence-electron chi connectivity index (χ3n) is 3.31. The Hall–Kier alpha value is -1.63. The van der Waals surface area contributed by atoms with Gasteiger partial charge in [0.1, 0.15) is 11.6 Å². The Morgan fingerprint density at radius 3 is 2.86 bits per heavy atom. The maximum atomic E-state index is 13.6. The molecule has 22 heavy (non-hydrogen) atoms. The third-order valence-corrected chi connectivity index (χ3v) is 4.07. The van der Waals surface area contributed by atoms with Crippen LogP contribution in [0.25, 0.3) is 0 Å². The van der Waals surface area contributed by atoms with Gasteiger partial charge in [0.15, 0.2) is 0 Å². The number of nitrogens with zero attached hydrogens (tertiary/aromatic N) is 1. The lowest BCUT2D eigenvalue weighted by Gasteiger charge is -2.32. The van der Waals surface area contributed by atoms with E-state index in [0.29, 0.717) is 35.2 Å². The number of hydrogen-bond acceptors (Lipinski definition) is 5. The average molecular weight is 347 g/mol. The van der Waals surface area contributed by atoms with Crippen LogP contribution in [0.15, 0.2) is 35.4 Å². The van der Waals surface area contributed by atoms with Crippen LogP contribution in [0, 0.1) is 5.82 Å². The van der Waals surface area contributed by atoms with Crippen molar-refractivity contribution in [1.29, 1.82) is 0 Å². The summed E-state index contributed by atoms with van der Waals surface area (Å²) in [5, 5.41) is 12.4. The lowest BCUT2D eigenvalue weighted by molar-refractivity contribution is 0.314. The van der Waals surface area contributed by atoms with Gasteiger partial charge in [0, 0.05) is 35.9 Å². The molecule has 1 heterocycles. The SMILES string of the molecule is NC1=C(/C=C(\N)CO)N(Cc2c(Cl)ccc(F)c2Cl)CCN1. The molecule has 0 fully saturated rings. The molecule has 0 atom stereocenters. The molecule has 1 aromatic rings. The van der Waals surface area contributed by atoms with Gasteiger partial charge in [0.2, 0.25) is 0 Å². The van der Waals surface area contributed by atoms with Crippen LogP contribution in [-0.4, -0.2) is 29.7 Å². The summed E-state index contributed by atoms with van der Waals surface area (Å²) in [5.41, 5.74) is 12.9. The van der Waals surface area contributed by atoms with E-state index >= 15 is 0 Å². The number of allylic oxidation sites excluding steroid dienone is 1. The molecular formula is C14H17Cl2FN4O. The van der Waals surface area contributed by atoms with E-state index in [2.05, 4.69) is 5.32 Å². The molecule has 0 aromatic heterocycles. The largest absolute Gasteiger partial charge is 0.400 e. The molecule has 0 saturated heterocycles. The first-order chi connectivity index (χ1) is 10.4. The van der Waals surface area contributed by atoms with E-state index in [-0.39, 0.29) is 23.9 Å². The van der Waals surface area contributed by atoms with Gasteiger partial charge in [-0.3, -0.25) is 0 Å². The second kappa shape index (κ2) is 7.09. The summed E-state index contributed by atoms with van der Waals surface area (Å²) in [6.07, 6.45) is 1.57. The highest BCUT2D eigenvalue weighted by atomic mass is 35.5. The second-order valence-corrected chi connectivity index (χ2v) is 5.63. The summed E-state index contributed by atoms with van der Waals surface area (Å²) in [6, 6.07) is 2.69. The van der Waals surface area contributed by atoms with Crippen LogP contribution in [0.4, 0.5) is 4.39 Å². The van der Waals surface area contributed by atoms with Gasteiger partial charge >= 0.3 is 0 Å². The molecule has 0 amide bonds. The van der Waals surface area contributed by atoms with Gasteiger partial charge in [0.05, 0.1) is 17.3 Å². The highest BCUT2D eigenvalue weighted by molar-refractivity contribution is 6.36. The summed E-state index contributed by atoms with van der Waals surface area (Å²) >= 11 is 12.1. The zero-order chi connectivity index (χ0) is 16.3. The molecule has 1 aromatic carbocycles. The summed E-state index contributed by atoms with van der Waals surface area (Å²) in [6.45, 7) is 1.22. The van der Waals surface area contributed by atoms with Gasteiger partial charge in [-0.15, -0.1) is 0 Å². The first-order valence-electron chi connectivity index (χ1n) is 6.62. The van der Waals surface area contributed by atoms with Gasteiger partial charge in [0.25, 0.3) is 0 Å². The fraction of sp³-hybridized carbons (Fsp3) is 0.286. The highest BCUT2D eigenvalue weighted by Crippen LogP contribution is 2.30. The fourth-order valence-corrected chi connectivity index (χ4v) is 2.66. The van der Waals surface area contributed by atoms with E-state index in [9.17, 15) is 4.39 Å². The molecule has 5 nitrogen and oxygen atoms in total. The van der Waals surface area contributed by atoms with Crippen LogP contribution < -0.4 is 16.8 Å². The molecule has 120 valence electrons. The quantitative estimate of drug-likeness (QED) is 0.620. The minimum atomic E-state index is -0.528. The van der Waals surface area contributed by atoms with E-state index in [1.54, 1.807) is 6.08 Å². The zero-order valence-electron chi connectivity index (χ0n) is 11.7. The molecule has 2 rings (SSSR count). The maximum Gasteiger partial charge on any atom is 0.142 e.